The number of rotatable bonds is 12. The van der Waals surface area contributed by atoms with Gasteiger partial charge in [-0.2, -0.15) is 0 Å². The maximum Gasteiger partial charge on any atom is 0.263 e. The van der Waals surface area contributed by atoms with E-state index in [2.05, 4.69) is 15.3 Å². The quantitative estimate of drug-likeness (QED) is 0.405. The van der Waals surface area contributed by atoms with Gasteiger partial charge in [-0.15, -0.1) is 0 Å². The summed E-state index contributed by atoms with van der Waals surface area (Å²) in [4.78, 5) is 35.6. The molecule has 2 N–H and O–H groups in total. The minimum absolute atomic E-state index is 0.131. The van der Waals surface area contributed by atoms with Crippen LogP contribution in [-0.2, 0) is 22.5 Å². The van der Waals surface area contributed by atoms with Crippen molar-refractivity contribution in [2.75, 3.05) is 31.7 Å². The summed E-state index contributed by atoms with van der Waals surface area (Å²) >= 11 is 1.18. The number of aromatic nitrogens is 3. The summed E-state index contributed by atoms with van der Waals surface area (Å²) in [5.74, 6) is -0.161. The first-order valence-electron chi connectivity index (χ1n) is 10.3. The van der Waals surface area contributed by atoms with E-state index in [9.17, 15) is 14.7 Å². The van der Waals surface area contributed by atoms with Crippen molar-refractivity contribution in [1.82, 2.24) is 19.9 Å². The van der Waals surface area contributed by atoms with Gasteiger partial charge < -0.3 is 19.7 Å². The molecule has 2 amide bonds. The Balaban J connectivity index is 1.60. The van der Waals surface area contributed by atoms with E-state index in [1.54, 1.807) is 42.7 Å². The molecule has 32 heavy (non-hydrogen) atoms. The summed E-state index contributed by atoms with van der Waals surface area (Å²) in [6, 6.07) is 6.93. The van der Waals surface area contributed by atoms with Gasteiger partial charge in [0.25, 0.3) is 5.91 Å². The Morgan fingerprint density at radius 2 is 2.22 bits per heavy atom. The first-order valence-corrected chi connectivity index (χ1v) is 11.2. The van der Waals surface area contributed by atoms with Gasteiger partial charge in [0, 0.05) is 39.1 Å². The molecular weight excluding hydrogens is 430 g/mol. The van der Waals surface area contributed by atoms with E-state index in [1.807, 2.05) is 16.8 Å². The highest BCUT2D eigenvalue weighted by Crippen LogP contribution is 2.24. The maximum absolute atomic E-state index is 12.7. The number of carbonyl (C=O) groups excluding carboxylic acids is 2. The van der Waals surface area contributed by atoms with Gasteiger partial charge in [0.05, 0.1) is 25.6 Å². The SMILES string of the molecule is COCCC(=O)N(CCc1cccc(O)c1)c1ncc(C(=O)NCCCn2ccnc2)s1. The number of nitrogens with one attached hydrogen (secondary N) is 1. The molecule has 9 nitrogen and oxygen atoms in total. The average molecular weight is 458 g/mol. The zero-order chi connectivity index (χ0) is 22.8. The Labute approximate surface area is 190 Å². The molecule has 1 aromatic carbocycles. The number of aryl methyl sites for hydroxylation is 1. The number of phenolic OH excluding ortho intramolecular Hbond substituents is 1. The van der Waals surface area contributed by atoms with Crippen molar-refractivity contribution in [3.8, 4) is 5.75 Å². The number of anilines is 1. The van der Waals surface area contributed by atoms with Crippen LogP contribution in [0.3, 0.4) is 0 Å². The number of amides is 2. The molecule has 2 heterocycles. The maximum atomic E-state index is 12.7. The van der Waals surface area contributed by atoms with Crippen LogP contribution in [0.5, 0.6) is 5.75 Å². The zero-order valence-electron chi connectivity index (χ0n) is 17.9. The van der Waals surface area contributed by atoms with Gasteiger partial charge >= 0.3 is 0 Å². The molecule has 0 aliphatic carbocycles. The van der Waals surface area contributed by atoms with E-state index in [-0.39, 0.29) is 24.0 Å². The third kappa shape index (κ3) is 6.89. The van der Waals surface area contributed by atoms with Crippen LogP contribution in [0.1, 0.15) is 28.1 Å². The van der Waals surface area contributed by atoms with Gasteiger partial charge in [-0.05, 0) is 30.5 Å². The number of imidazole rings is 1. The van der Waals surface area contributed by atoms with Crippen LogP contribution in [0.25, 0.3) is 0 Å². The highest BCUT2D eigenvalue weighted by Gasteiger charge is 2.21. The van der Waals surface area contributed by atoms with Gasteiger partial charge in [0.1, 0.15) is 10.6 Å². The summed E-state index contributed by atoms with van der Waals surface area (Å²) in [5.41, 5.74) is 0.905. The fourth-order valence-electron chi connectivity index (χ4n) is 3.07. The van der Waals surface area contributed by atoms with Crippen LogP contribution in [0, 0.1) is 0 Å². The number of ether oxygens (including phenoxy) is 1. The number of hydrogen-bond acceptors (Lipinski definition) is 7. The molecule has 170 valence electrons. The van der Waals surface area contributed by atoms with Crippen molar-refractivity contribution in [3.63, 3.8) is 0 Å². The molecule has 0 unspecified atom stereocenters. The first kappa shape index (κ1) is 23.4. The average Bonchev–Trinajstić information content (AvgIpc) is 3.48. The Kier molecular flexibility index (Phi) is 8.76. The minimum atomic E-state index is -0.211. The van der Waals surface area contributed by atoms with Crippen LogP contribution in [0.2, 0.25) is 0 Å². The molecule has 0 saturated heterocycles. The van der Waals surface area contributed by atoms with Crippen LogP contribution >= 0.6 is 11.3 Å². The second-order valence-electron chi connectivity index (χ2n) is 7.13. The van der Waals surface area contributed by atoms with Crippen molar-refractivity contribution in [3.05, 3.63) is 59.6 Å². The predicted octanol–water partition coefficient (Wildman–Crippen LogP) is 2.48. The van der Waals surface area contributed by atoms with Gasteiger partial charge in [0.15, 0.2) is 5.13 Å². The van der Waals surface area contributed by atoms with Crippen LogP contribution in [0.4, 0.5) is 5.13 Å². The van der Waals surface area contributed by atoms with Crippen molar-refractivity contribution < 1.29 is 19.4 Å². The molecule has 3 aromatic rings. The molecule has 0 radical (unpaired) electrons. The molecule has 0 fully saturated rings. The second kappa shape index (κ2) is 12.0. The van der Waals surface area contributed by atoms with E-state index in [4.69, 9.17) is 4.74 Å². The highest BCUT2D eigenvalue weighted by molar-refractivity contribution is 7.17. The van der Waals surface area contributed by atoms with Gasteiger partial charge in [-0.3, -0.25) is 14.5 Å². The molecule has 10 heteroatoms. The topological polar surface area (TPSA) is 110 Å². The Bertz CT molecular complexity index is 1010. The summed E-state index contributed by atoms with van der Waals surface area (Å²) in [5, 5.41) is 13.0. The molecule has 0 aliphatic heterocycles. The molecule has 0 atom stereocenters. The Morgan fingerprint density at radius 1 is 1.34 bits per heavy atom. The third-order valence-electron chi connectivity index (χ3n) is 4.74. The lowest BCUT2D eigenvalue weighted by Crippen LogP contribution is -2.33. The van der Waals surface area contributed by atoms with E-state index < -0.39 is 0 Å². The monoisotopic (exact) mass is 457 g/mol. The largest absolute Gasteiger partial charge is 0.508 e. The molecule has 0 saturated carbocycles. The molecule has 0 spiro atoms. The number of methoxy groups -OCH3 is 1. The number of benzene rings is 1. The van der Waals surface area contributed by atoms with Crippen molar-refractivity contribution in [1.29, 1.82) is 0 Å². The molecule has 2 aromatic heterocycles. The summed E-state index contributed by atoms with van der Waals surface area (Å²) in [6.07, 6.45) is 8.37. The number of phenols is 1. The third-order valence-corrected chi connectivity index (χ3v) is 5.76. The normalized spacial score (nSPS) is 10.8. The number of hydrogen-bond donors (Lipinski definition) is 2. The molecule has 0 bridgehead atoms. The Hall–Kier alpha value is -3.24. The van der Waals surface area contributed by atoms with Crippen molar-refractivity contribution in [2.24, 2.45) is 0 Å². The number of aromatic hydroxyl groups is 1. The lowest BCUT2D eigenvalue weighted by molar-refractivity contribution is -0.119. The molecule has 0 aliphatic rings. The first-order chi connectivity index (χ1) is 15.6. The van der Waals surface area contributed by atoms with E-state index >= 15 is 0 Å². The zero-order valence-corrected chi connectivity index (χ0v) is 18.8. The van der Waals surface area contributed by atoms with E-state index in [1.165, 1.54) is 17.5 Å². The summed E-state index contributed by atoms with van der Waals surface area (Å²) < 4.78 is 6.99. The van der Waals surface area contributed by atoms with Gasteiger partial charge in [-0.1, -0.05) is 23.5 Å². The summed E-state index contributed by atoms with van der Waals surface area (Å²) in [7, 11) is 1.54. The van der Waals surface area contributed by atoms with Crippen LogP contribution in [-0.4, -0.2) is 58.3 Å². The number of carbonyl (C=O) groups is 2. The standard InChI is InChI=1S/C22H27N5O4S/c1-31-13-7-20(29)27(11-6-17-4-2-5-18(28)14-17)22-25-15-19(32-22)21(30)24-8-3-10-26-12-9-23-16-26/h2,4-5,9,12,14-16,28H,3,6-8,10-11,13H2,1H3,(H,24,30). The number of thiazole rings is 1. The minimum Gasteiger partial charge on any atom is -0.508 e. The molecule has 3 rings (SSSR count). The van der Waals surface area contributed by atoms with Gasteiger partial charge in [0.2, 0.25) is 5.91 Å². The highest BCUT2D eigenvalue weighted by atomic mass is 32.1. The smallest absolute Gasteiger partial charge is 0.263 e. The lowest BCUT2D eigenvalue weighted by Gasteiger charge is -2.20. The predicted molar refractivity (Wildman–Crippen MR) is 122 cm³/mol. The van der Waals surface area contributed by atoms with Crippen LogP contribution in [0.15, 0.2) is 49.2 Å². The van der Waals surface area contributed by atoms with E-state index in [0.717, 1.165) is 18.5 Å². The van der Waals surface area contributed by atoms with Crippen LogP contribution < -0.4 is 10.2 Å². The van der Waals surface area contributed by atoms with Crippen molar-refractivity contribution >= 4 is 28.3 Å². The second-order valence-corrected chi connectivity index (χ2v) is 8.13. The summed E-state index contributed by atoms with van der Waals surface area (Å²) in [6.45, 7) is 1.98. The fourth-order valence-corrected chi connectivity index (χ4v) is 3.94. The van der Waals surface area contributed by atoms with Gasteiger partial charge in [-0.25, -0.2) is 9.97 Å². The van der Waals surface area contributed by atoms with E-state index in [0.29, 0.717) is 36.1 Å². The Morgan fingerprint density at radius 3 is 2.97 bits per heavy atom. The van der Waals surface area contributed by atoms with Crippen molar-refractivity contribution in [2.45, 2.75) is 25.8 Å². The fraction of sp³-hybridized carbons (Fsp3) is 0.364. The molecular formula is C22H27N5O4S. The number of nitrogens with zero attached hydrogens (tertiary/aromatic N) is 4. The lowest BCUT2D eigenvalue weighted by atomic mass is 10.1.